The highest BCUT2D eigenvalue weighted by Gasteiger charge is 2.53. The van der Waals surface area contributed by atoms with E-state index in [2.05, 4.69) is 104 Å². The third-order valence-corrected chi connectivity index (χ3v) is 15.4. The Kier molecular flexibility index (Phi) is 42.6. The van der Waals surface area contributed by atoms with Gasteiger partial charge in [-0.3, -0.25) is 4.79 Å². The molecule has 0 radical (unpaired) electrons. The van der Waals surface area contributed by atoms with Crippen LogP contribution in [0.25, 0.3) is 0 Å². The molecule has 0 bridgehead atoms. The first-order valence-electron chi connectivity index (χ1n) is 32.0. The summed E-state index contributed by atoms with van der Waals surface area (Å²) in [6.45, 7) is 1.56. The number of hydrogen-bond donors (Lipinski definition) is 12. The second-order valence-corrected chi connectivity index (χ2v) is 22.5. The second-order valence-electron chi connectivity index (χ2n) is 22.5. The van der Waals surface area contributed by atoms with Crippen molar-refractivity contribution in [3.8, 4) is 0 Å². The van der Waals surface area contributed by atoms with Crippen LogP contribution in [0.3, 0.4) is 0 Å². The van der Waals surface area contributed by atoms with Crippen molar-refractivity contribution in [2.45, 2.75) is 285 Å². The molecule has 3 aliphatic heterocycles. The number of nitrogens with one attached hydrogen (secondary N) is 1. The number of carbonyl (C=O) groups is 1. The van der Waals surface area contributed by atoms with Gasteiger partial charge in [-0.25, -0.2) is 0 Å². The lowest BCUT2D eigenvalue weighted by Crippen LogP contribution is -2.66. The van der Waals surface area contributed by atoms with Gasteiger partial charge in [-0.2, -0.15) is 0 Å². The number of ether oxygens (including phenoxy) is 6. The molecule has 12 N–H and O–H groups in total. The first-order chi connectivity index (χ1) is 41.3. The van der Waals surface area contributed by atoms with Crippen molar-refractivity contribution in [1.82, 2.24) is 5.32 Å². The highest BCUT2D eigenvalue weighted by atomic mass is 16.8. The van der Waals surface area contributed by atoms with Crippen LogP contribution in [0.15, 0.2) is 97.2 Å². The fraction of sp³-hybridized carbons (Fsp3) is 0.742. The number of rotatable bonds is 46. The maximum absolute atomic E-state index is 13.3. The van der Waals surface area contributed by atoms with E-state index in [-0.39, 0.29) is 18.9 Å². The molecule has 85 heavy (non-hydrogen) atoms. The summed E-state index contributed by atoms with van der Waals surface area (Å²) in [4.78, 5) is 13.3. The lowest BCUT2D eigenvalue weighted by Gasteiger charge is -2.48. The van der Waals surface area contributed by atoms with Crippen molar-refractivity contribution in [2.75, 3.05) is 26.4 Å². The average Bonchev–Trinajstić information content (AvgIpc) is 2.72. The number of aliphatic hydroxyl groups is 11. The molecule has 0 aromatic rings. The summed E-state index contributed by atoms with van der Waals surface area (Å²) >= 11 is 0. The summed E-state index contributed by atoms with van der Waals surface area (Å²) in [6.07, 6.45) is 33.8. The summed E-state index contributed by atoms with van der Waals surface area (Å²) in [5.41, 5.74) is 0. The van der Waals surface area contributed by atoms with Gasteiger partial charge in [0.15, 0.2) is 18.9 Å². The third-order valence-electron chi connectivity index (χ3n) is 15.4. The molecule has 3 heterocycles. The Morgan fingerprint density at radius 2 is 0.812 bits per heavy atom. The van der Waals surface area contributed by atoms with Crippen LogP contribution < -0.4 is 5.32 Å². The smallest absolute Gasteiger partial charge is 0.220 e. The lowest BCUT2D eigenvalue weighted by atomic mass is 9.96. The van der Waals surface area contributed by atoms with Crippen LogP contribution in [-0.2, 0) is 33.2 Å². The molecular weight excluding hydrogens is 1090 g/mol. The predicted molar refractivity (Wildman–Crippen MR) is 327 cm³/mol. The molecule has 17 unspecified atom stereocenters. The van der Waals surface area contributed by atoms with Crippen LogP contribution in [0, 0.1) is 0 Å². The van der Waals surface area contributed by atoms with Gasteiger partial charge in [0.05, 0.1) is 38.6 Å². The van der Waals surface area contributed by atoms with Crippen LogP contribution in [0.5, 0.6) is 0 Å². The summed E-state index contributed by atoms with van der Waals surface area (Å²) in [6, 6.07) is -0.990. The van der Waals surface area contributed by atoms with E-state index in [4.69, 9.17) is 28.4 Å². The maximum Gasteiger partial charge on any atom is 0.220 e. The van der Waals surface area contributed by atoms with Crippen molar-refractivity contribution >= 4 is 5.91 Å². The van der Waals surface area contributed by atoms with Gasteiger partial charge < -0.3 is 89.9 Å². The Hall–Kier alpha value is -3.29. The predicted octanol–water partition coefficient (Wildman–Crippen LogP) is 6.93. The van der Waals surface area contributed by atoms with Gasteiger partial charge in [0.2, 0.25) is 5.91 Å². The van der Waals surface area contributed by atoms with Gasteiger partial charge in [-0.1, -0.05) is 195 Å². The highest BCUT2D eigenvalue weighted by Crippen LogP contribution is 2.33. The zero-order valence-corrected chi connectivity index (χ0v) is 51.0. The number of amides is 1. The average molecular weight is 1210 g/mol. The van der Waals surface area contributed by atoms with Gasteiger partial charge in [-0.05, 0) is 77.0 Å². The second kappa shape index (κ2) is 47.7. The monoisotopic (exact) mass is 1210 g/mol. The zero-order valence-electron chi connectivity index (χ0n) is 51.0. The molecule has 0 aromatic heterocycles. The summed E-state index contributed by atoms with van der Waals surface area (Å²) < 4.78 is 34.2. The van der Waals surface area contributed by atoms with Crippen LogP contribution >= 0.6 is 0 Å². The SMILES string of the molecule is CC/C=C\C/C=C\C/C=C\C/C=C\C/C=C\C/C=C\C/C=C\CCCCCCCC(=O)NC(COC1OC(CO)C(OC2OC(CO)C(OC3OC(CO)C(O)C(O)C3O)C(O)C2O)C(O)C1O)C(O)/C=C/CCCCCCCCCCCCC. The number of unbranched alkanes of at least 4 members (excludes halogenated alkanes) is 16. The molecule has 488 valence electrons. The van der Waals surface area contributed by atoms with Crippen molar-refractivity contribution in [1.29, 1.82) is 0 Å². The molecule has 3 fully saturated rings. The minimum atomic E-state index is -1.98. The van der Waals surface area contributed by atoms with Crippen LogP contribution in [0.4, 0.5) is 0 Å². The topological polar surface area (TPSA) is 307 Å². The molecule has 0 aliphatic carbocycles. The number of allylic oxidation sites excluding steroid dienone is 15. The normalized spacial score (nSPS) is 29.6. The number of carbonyl (C=O) groups excluding carboxylic acids is 1. The standard InChI is InChI=1S/C66H111NO18/c1-3-5-7-9-11-13-15-17-18-19-20-21-22-23-24-25-26-27-28-29-30-32-34-36-38-40-42-44-54(72)67-49(50(71)43-41-39-37-35-33-31-16-14-12-10-8-6-4-2)48-80-64-60(78)57(75)62(52(46-69)82-64)85-66-61(79)58(76)63(53(47-70)83-66)84-65-59(77)56(74)55(73)51(45-68)81-65/h5,7,11,13,17-18,20-21,23-24,26-27,29-30,41,43,49-53,55-66,68-71,73-79H,3-4,6,8-10,12,14-16,19,22,25,28,31-40,42,44-48H2,1-2H3,(H,67,72)/b7-5-,13-11-,18-17-,21-20-,24-23-,27-26-,30-29-,43-41+. The summed E-state index contributed by atoms with van der Waals surface area (Å²) in [7, 11) is 0. The summed E-state index contributed by atoms with van der Waals surface area (Å²) in [5.74, 6) is -0.300. The molecular formula is C66H111NO18. The van der Waals surface area contributed by atoms with Gasteiger partial charge >= 0.3 is 0 Å². The Bertz CT molecular complexity index is 1920. The molecule has 0 spiro atoms. The molecule has 0 aromatic carbocycles. The quantitative estimate of drug-likeness (QED) is 0.0217. The molecule has 3 aliphatic rings. The summed E-state index contributed by atoms with van der Waals surface area (Å²) in [5, 5.41) is 120. The first-order valence-corrected chi connectivity index (χ1v) is 32.0. The van der Waals surface area contributed by atoms with E-state index < -0.39 is 124 Å². The van der Waals surface area contributed by atoms with E-state index in [0.717, 1.165) is 103 Å². The van der Waals surface area contributed by atoms with E-state index in [1.165, 1.54) is 51.4 Å². The van der Waals surface area contributed by atoms with Crippen molar-refractivity contribution in [2.24, 2.45) is 0 Å². The zero-order chi connectivity index (χ0) is 61.9. The Labute approximate surface area is 507 Å². The molecule has 19 nitrogen and oxygen atoms in total. The fourth-order valence-electron chi connectivity index (χ4n) is 10.2. The number of aliphatic hydroxyl groups excluding tert-OH is 11. The van der Waals surface area contributed by atoms with E-state index >= 15 is 0 Å². The molecule has 17 atom stereocenters. The van der Waals surface area contributed by atoms with Crippen LogP contribution in [-0.4, -0.2) is 193 Å². The first kappa shape index (κ1) is 76.0. The minimum absolute atomic E-state index is 0.214. The fourth-order valence-corrected chi connectivity index (χ4v) is 10.2. The van der Waals surface area contributed by atoms with E-state index in [1.54, 1.807) is 6.08 Å². The van der Waals surface area contributed by atoms with Crippen LogP contribution in [0.2, 0.25) is 0 Å². The molecule has 19 heteroatoms. The number of hydrogen-bond acceptors (Lipinski definition) is 18. The van der Waals surface area contributed by atoms with Crippen LogP contribution in [0.1, 0.15) is 181 Å². The highest BCUT2D eigenvalue weighted by molar-refractivity contribution is 5.76. The van der Waals surface area contributed by atoms with Crippen molar-refractivity contribution in [3.63, 3.8) is 0 Å². The van der Waals surface area contributed by atoms with Gasteiger partial charge in [0.1, 0.15) is 73.2 Å². The van der Waals surface area contributed by atoms with Crippen molar-refractivity contribution < 1.29 is 89.4 Å². The lowest BCUT2D eigenvalue weighted by molar-refractivity contribution is -0.379. The van der Waals surface area contributed by atoms with Gasteiger partial charge in [0.25, 0.3) is 0 Å². The molecule has 0 saturated carbocycles. The van der Waals surface area contributed by atoms with Gasteiger partial charge in [-0.15, -0.1) is 0 Å². The molecule has 3 saturated heterocycles. The van der Waals surface area contributed by atoms with E-state index in [9.17, 15) is 61.0 Å². The molecule has 1 amide bonds. The van der Waals surface area contributed by atoms with E-state index in [0.29, 0.717) is 6.42 Å². The minimum Gasteiger partial charge on any atom is -0.394 e. The Balaban J connectivity index is 1.46. The van der Waals surface area contributed by atoms with E-state index in [1.807, 2.05) is 6.08 Å². The Morgan fingerprint density at radius 3 is 1.27 bits per heavy atom. The largest absolute Gasteiger partial charge is 0.394 e. The maximum atomic E-state index is 13.3. The Morgan fingerprint density at radius 1 is 0.435 bits per heavy atom. The third kappa shape index (κ3) is 30.7. The van der Waals surface area contributed by atoms with Crippen molar-refractivity contribution in [3.05, 3.63) is 97.2 Å². The van der Waals surface area contributed by atoms with Gasteiger partial charge in [0, 0.05) is 6.42 Å². The molecule has 3 rings (SSSR count).